The smallest absolute Gasteiger partial charge is 0.328 e. The van der Waals surface area contributed by atoms with Crippen molar-refractivity contribution < 1.29 is 23.9 Å². The number of esters is 1. The third-order valence-electron chi connectivity index (χ3n) is 5.21. The van der Waals surface area contributed by atoms with Crippen molar-refractivity contribution in [2.45, 2.75) is 39.3 Å². The van der Waals surface area contributed by atoms with Crippen LogP contribution < -0.4 is 15.4 Å². The van der Waals surface area contributed by atoms with Crippen LogP contribution in [-0.4, -0.2) is 42.0 Å². The van der Waals surface area contributed by atoms with Gasteiger partial charge in [0.1, 0.15) is 17.5 Å². The number of rotatable bonds is 9. The lowest BCUT2D eigenvalue weighted by Crippen LogP contribution is -2.43. The monoisotopic (exact) mass is 531 g/mol. The Morgan fingerprint density at radius 2 is 1.69 bits per heavy atom. The van der Waals surface area contributed by atoms with Gasteiger partial charge < -0.3 is 25.1 Å². The van der Waals surface area contributed by atoms with Gasteiger partial charge in [-0.25, -0.2) is 4.79 Å². The van der Waals surface area contributed by atoms with Crippen LogP contribution in [0.1, 0.15) is 46.0 Å². The Morgan fingerprint density at radius 3 is 2.28 bits per heavy atom. The number of halogens is 2. The number of methoxy groups -OCH3 is 1. The molecule has 190 valence electrons. The number of H-pyrrole nitrogens is 1. The maximum atomic E-state index is 13.0. The first kappa shape index (κ1) is 27.1. The first-order valence-electron chi connectivity index (χ1n) is 11.2. The molecular weight excluding hydrogens is 505 g/mol. The van der Waals surface area contributed by atoms with E-state index in [9.17, 15) is 14.4 Å². The molecule has 36 heavy (non-hydrogen) atoms. The lowest BCUT2D eigenvalue weighted by Gasteiger charge is -2.19. The molecule has 0 radical (unpaired) electrons. The van der Waals surface area contributed by atoms with Crippen molar-refractivity contribution in [3.05, 3.63) is 81.1 Å². The fourth-order valence-corrected chi connectivity index (χ4v) is 3.87. The summed E-state index contributed by atoms with van der Waals surface area (Å²) >= 11 is 12.2. The highest BCUT2D eigenvalue weighted by atomic mass is 35.5. The number of ether oxygens (including phenoxy) is 2. The summed E-state index contributed by atoms with van der Waals surface area (Å²) in [7, 11) is 1.27. The Bertz CT molecular complexity index is 1260. The van der Waals surface area contributed by atoms with Crippen molar-refractivity contribution in [2.24, 2.45) is 0 Å². The normalized spacial score (nSPS) is 11.6. The van der Waals surface area contributed by atoms with E-state index in [1.165, 1.54) is 19.2 Å². The summed E-state index contributed by atoms with van der Waals surface area (Å²) in [6, 6.07) is 13.0. The quantitative estimate of drug-likeness (QED) is 0.329. The van der Waals surface area contributed by atoms with Crippen LogP contribution in [0.2, 0.25) is 10.0 Å². The lowest BCUT2D eigenvalue weighted by atomic mass is 10.1. The van der Waals surface area contributed by atoms with Crippen molar-refractivity contribution >= 4 is 46.7 Å². The lowest BCUT2D eigenvalue weighted by molar-refractivity contribution is -0.142. The van der Waals surface area contributed by atoms with Crippen molar-refractivity contribution in [1.29, 1.82) is 0 Å². The summed E-state index contributed by atoms with van der Waals surface area (Å²) in [5, 5.41) is 5.84. The maximum absolute atomic E-state index is 13.0. The molecule has 0 aliphatic rings. The number of carbonyl (C=O) groups excluding carboxylic acids is 3. The van der Waals surface area contributed by atoms with Gasteiger partial charge in [-0.2, -0.15) is 0 Å². The average molecular weight is 532 g/mol. The Balaban J connectivity index is 1.84. The molecule has 3 aromatic rings. The van der Waals surface area contributed by atoms with Gasteiger partial charge in [-0.1, -0.05) is 53.5 Å². The van der Waals surface area contributed by atoms with Gasteiger partial charge in [0.15, 0.2) is 0 Å². The molecule has 0 saturated heterocycles. The molecule has 0 saturated carbocycles. The second-order valence-corrected chi connectivity index (χ2v) is 9.08. The third kappa shape index (κ3) is 6.59. The molecule has 0 bridgehead atoms. The third-order valence-corrected chi connectivity index (χ3v) is 6.16. The molecule has 0 aliphatic carbocycles. The van der Waals surface area contributed by atoms with Crippen molar-refractivity contribution in [1.82, 2.24) is 10.3 Å². The summed E-state index contributed by atoms with van der Waals surface area (Å²) in [4.78, 5) is 41.0. The molecule has 0 aliphatic heterocycles. The van der Waals surface area contributed by atoms with E-state index in [-0.39, 0.29) is 39.6 Å². The fraction of sp³-hybridized carbons (Fsp3) is 0.269. The first-order chi connectivity index (χ1) is 17.1. The standard InChI is InChI=1S/C26H27Cl2N3O5/c1-14(2)36-20-13-17(10-11-18(20)30-25(33)23-22(28)21(27)15(3)29-23)24(32)31-19(26(34)35-4)12-16-8-6-5-7-9-16/h5-11,13-14,19,29H,12H2,1-4H3,(H,30,33)(H,31,32). The van der Waals surface area contributed by atoms with Gasteiger partial charge in [0.2, 0.25) is 0 Å². The molecule has 1 aromatic heterocycles. The molecule has 0 fully saturated rings. The van der Waals surface area contributed by atoms with E-state index < -0.39 is 23.8 Å². The number of amides is 2. The minimum Gasteiger partial charge on any atom is -0.489 e. The fourth-order valence-electron chi connectivity index (χ4n) is 3.46. The molecule has 2 aromatic carbocycles. The van der Waals surface area contributed by atoms with Crippen LogP contribution >= 0.6 is 23.2 Å². The van der Waals surface area contributed by atoms with Crippen LogP contribution in [0.15, 0.2) is 48.5 Å². The average Bonchev–Trinajstić information content (AvgIpc) is 3.11. The van der Waals surface area contributed by atoms with Crippen LogP contribution in [0.3, 0.4) is 0 Å². The van der Waals surface area contributed by atoms with Crippen LogP contribution in [0.5, 0.6) is 5.75 Å². The SMILES string of the molecule is COC(=O)C(Cc1ccccc1)NC(=O)c1ccc(NC(=O)c2[nH]c(C)c(Cl)c2Cl)c(OC(C)C)c1. The van der Waals surface area contributed by atoms with Crippen LogP contribution in [0.25, 0.3) is 0 Å². The number of hydrogen-bond donors (Lipinski definition) is 3. The molecule has 10 heteroatoms. The van der Waals surface area contributed by atoms with Gasteiger partial charge in [0.05, 0.1) is 28.9 Å². The van der Waals surface area contributed by atoms with Crippen molar-refractivity contribution in [3.63, 3.8) is 0 Å². The van der Waals surface area contributed by atoms with Crippen LogP contribution in [0, 0.1) is 6.92 Å². The highest BCUT2D eigenvalue weighted by Gasteiger charge is 2.24. The molecule has 1 atom stereocenters. The van der Waals surface area contributed by atoms with E-state index in [0.29, 0.717) is 11.4 Å². The number of carbonyl (C=O) groups is 3. The zero-order chi connectivity index (χ0) is 26.4. The van der Waals surface area contributed by atoms with Gasteiger partial charge in [-0.05, 0) is 44.5 Å². The predicted molar refractivity (Wildman–Crippen MR) is 139 cm³/mol. The number of aromatic nitrogens is 1. The molecule has 3 N–H and O–H groups in total. The van der Waals surface area contributed by atoms with Crippen LogP contribution in [-0.2, 0) is 16.0 Å². The number of benzene rings is 2. The van der Waals surface area contributed by atoms with E-state index in [2.05, 4.69) is 15.6 Å². The Morgan fingerprint density at radius 1 is 1.00 bits per heavy atom. The van der Waals surface area contributed by atoms with Crippen molar-refractivity contribution in [3.8, 4) is 5.75 Å². The molecule has 0 spiro atoms. The van der Waals surface area contributed by atoms with Gasteiger partial charge in [0.25, 0.3) is 11.8 Å². The van der Waals surface area contributed by atoms with E-state index in [0.717, 1.165) is 5.56 Å². The minimum atomic E-state index is -0.887. The largest absolute Gasteiger partial charge is 0.489 e. The molecule has 8 nitrogen and oxygen atoms in total. The molecule has 1 heterocycles. The summed E-state index contributed by atoms with van der Waals surface area (Å²) in [6.45, 7) is 5.33. The zero-order valence-corrected chi connectivity index (χ0v) is 21.8. The van der Waals surface area contributed by atoms with Gasteiger partial charge >= 0.3 is 5.97 Å². The van der Waals surface area contributed by atoms with E-state index >= 15 is 0 Å². The summed E-state index contributed by atoms with van der Waals surface area (Å²) in [5.41, 5.74) is 2.11. The summed E-state index contributed by atoms with van der Waals surface area (Å²) in [5.74, 6) is -1.31. The second kappa shape index (κ2) is 12.0. The number of aromatic amines is 1. The molecule has 3 rings (SSSR count). The molecular formula is C26H27Cl2N3O5. The Labute approximate surface area is 219 Å². The van der Waals surface area contributed by atoms with E-state index in [1.54, 1.807) is 13.0 Å². The molecule has 1 unspecified atom stereocenters. The van der Waals surface area contributed by atoms with E-state index in [1.807, 2.05) is 44.2 Å². The Kier molecular flexibility index (Phi) is 9.01. The van der Waals surface area contributed by atoms with E-state index in [4.69, 9.17) is 32.7 Å². The minimum absolute atomic E-state index is 0.110. The topological polar surface area (TPSA) is 110 Å². The van der Waals surface area contributed by atoms with Crippen LogP contribution in [0.4, 0.5) is 5.69 Å². The summed E-state index contributed by atoms with van der Waals surface area (Å²) in [6.07, 6.45) is 0.0207. The van der Waals surface area contributed by atoms with Gasteiger partial charge in [-0.15, -0.1) is 0 Å². The first-order valence-corrected chi connectivity index (χ1v) is 11.9. The maximum Gasteiger partial charge on any atom is 0.328 e. The number of hydrogen-bond acceptors (Lipinski definition) is 5. The predicted octanol–water partition coefficient (Wildman–Crippen LogP) is 5.18. The van der Waals surface area contributed by atoms with Gasteiger partial charge in [0, 0.05) is 17.7 Å². The number of anilines is 1. The molecule has 2 amide bonds. The zero-order valence-electron chi connectivity index (χ0n) is 20.3. The Hall–Kier alpha value is -3.49. The number of aryl methyl sites for hydroxylation is 1. The number of nitrogens with one attached hydrogen (secondary N) is 3. The highest BCUT2D eigenvalue weighted by Crippen LogP contribution is 2.32. The highest BCUT2D eigenvalue weighted by molar-refractivity contribution is 6.44. The summed E-state index contributed by atoms with van der Waals surface area (Å²) < 4.78 is 10.7. The second-order valence-electron chi connectivity index (χ2n) is 8.32. The van der Waals surface area contributed by atoms with Crippen molar-refractivity contribution in [2.75, 3.05) is 12.4 Å². The van der Waals surface area contributed by atoms with Gasteiger partial charge in [-0.3, -0.25) is 9.59 Å².